The summed E-state index contributed by atoms with van der Waals surface area (Å²) in [6, 6.07) is 16.0. The first-order valence-electron chi connectivity index (χ1n) is 9.59. The number of nitrogens with one attached hydrogen (secondary N) is 1. The fraction of sp³-hybridized carbons (Fsp3) is 0.0870. The number of aryl methyl sites for hydroxylation is 1. The maximum atomic E-state index is 12.7. The van der Waals surface area contributed by atoms with Crippen LogP contribution in [0.5, 0.6) is 0 Å². The van der Waals surface area contributed by atoms with Crippen molar-refractivity contribution < 1.29 is 14.4 Å². The van der Waals surface area contributed by atoms with Crippen LogP contribution in [0.4, 0.5) is 5.69 Å². The number of carbonyl (C=O) groups is 3. The van der Waals surface area contributed by atoms with E-state index in [-0.39, 0.29) is 6.54 Å². The molecule has 0 radical (unpaired) electrons. The summed E-state index contributed by atoms with van der Waals surface area (Å²) >= 11 is 1.47. The second-order valence-corrected chi connectivity index (χ2v) is 8.14. The summed E-state index contributed by atoms with van der Waals surface area (Å²) in [4.78, 5) is 48.4. The predicted molar refractivity (Wildman–Crippen MR) is 118 cm³/mol. The summed E-state index contributed by atoms with van der Waals surface area (Å²) < 4.78 is 0. The molecule has 8 heteroatoms. The van der Waals surface area contributed by atoms with Crippen molar-refractivity contribution in [1.82, 2.24) is 14.9 Å². The van der Waals surface area contributed by atoms with E-state index in [1.807, 2.05) is 37.3 Å². The van der Waals surface area contributed by atoms with Gasteiger partial charge in [0.2, 0.25) is 5.91 Å². The first-order chi connectivity index (χ1) is 15.0. The van der Waals surface area contributed by atoms with Gasteiger partial charge < -0.3 is 5.32 Å². The summed E-state index contributed by atoms with van der Waals surface area (Å²) in [6.45, 7) is 1.53. The zero-order valence-corrected chi connectivity index (χ0v) is 17.3. The summed E-state index contributed by atoms with van der Waals surface area (Å²) in [5.74, 6) is -1.35. The molecule has 2 aromatic heterocycles. The smallest absolute Gasteiger partial charge is 0.262 e. The highest BCUT2D eigenvalue weighted by Crippen LogP contribution is 2.31. The monoisotopic (exact) mass is 428 g/mol. The summed E-state index contributed by atoms with van der Waals surface area (Å²) in [5, 5.41) is 3.62. The Hall–Kier alpha value is -3.91. The van der Waals surface area contributed by atoms with Crippen molar-refractivity contribution in [2.24, 2.45) is 0 Å². The van der Waals surface area contributed by atoms with Gasteiger partial charge in [0, 0.05) is 17.4 Å². The van der Waals surface area contributed by atoms with Crippen molar-refractivity contribution in [2.75, 3.05) is 11.9 Å². The molecule has 0 bridgehead atoms. The molecule has 0 aliphatic carbocycles. The Kier molecular flexibility index (Phi) is 4.56. The lowest BCUT2D eigenvalue weighted by Crippen LogP contribution is -2.37. The highest BCUT2D eigenvalue weighted by atomic mass is 32.1. The Morgan fingerprint density at radius 1 is 1.03 bits per heavy atom. The van der Waals surface area contributed by atoms with Gasteiger partial charge in [0.05, 0.1) is 11.1 Å². The number of nitrogens with zero attached hydrogens (tertiary/aromatic N) is 3. The number of imide groups is 1. The molecule has 0 unspecified atom stereocenters. The van der Waals surface area contributed by atoms with E-state index in [0.717, 1.165) is 31.4 Å². The van der Waals surface area contributed by atoms with E-state index in [1.165, 1.54) is 11.3 Å². The molecule has 5 rings (SSSR count). The standard InChI is InChI=1S/C23H16N4O3S/c1-13-8-9-14(20-26-17-7-4-10-24-21(17)31-20)11-18(13)25-19(28)12-27-22(29)15-5-2-3-6-16(15)23(27)30/h2-11H,12H2,1H3,(H,25,28). The first-order valence-corrected chi connectivity index (χ1v) is 10.4. The Balaban J connectivity index is 1.36. The van der Waals surface area contributed by atoms with Gasteiger partial charge in [-0.2, -0.15) is 0 Å². The Bertz CT molecular complexity index is 1310. The topological polar surface area (TPSA) is 92.3 Å². The third kappa shape index (κ3) is 3.36. The maximum absolute atomic E-state index is 12.7. The molecule has 2 aromatic carbocycles. The molecule has 1 aliphatic heterocycles. The number of amides is 3. The van der Waals surface area contributed by atoms with Gasteiger partial charge in [-0.05, 0) is 42.8 Å². The molecule has 0 atom stereocenters. The predicted octanol–water partition coefficient (Wildman–Crippen LogP) is 3.90. The first kappa shape index (κ1) is 19.1. The number of pyridine rings is 1. The number of benzene rings is 2. The van der Waals surface area contributed by atoms with Gasteiger partial charge in [-0.3, -0.25) is 19.3 Å². The second-order valence-electron chi connectivity index (χ2n) is 7.17. The number of aromatic nitrogens is 2. The van der Waals surface area contributed by atoms with Crippen LogP contribution in [-0.4, -0.2) is 39.1 Å². The van der Waals surface area contributed by atoms with Crippen LogP contribution in [0, 0.1) is 6.92 Å². The lowest BCUT2D eigenvalue weighted by molar-refractivity contribution is -0.116. The van der Waals surface area contributed by atoms with Crippen molar-refractivity contribution in [3.8, 4) is 10.6 Å². The van der Waals surface area contributed by atoms with Gasteiger partial charge >= 0.3 is 0 Å². The highest BCUT2D eigenvalue weighted by molar-refractivity contribution is 7.21. The summed E-state index contributed by atoms with van der Waals surface area (Å²) in [6.07, 6.45) is 1.73. The zero-order chi connectivity index (χ0) is 21.5. The van der Waals surface area contributed by atoms with Crippen molar-refractivity contribution in [3.05, 3.63) is 77.5 Å². The maximum Gasteiger partial charge on any atom is 0.262 e. The van der Waals surface area contributed by atoms with E-state index in [1.54, 1.807) is 30.5 Å². The molecular weight excluding hydrogens is 412 g/mol. The Morgan fingerprint density at radius 2 is 1.77 bits per heavy atom. The van der Waals surface area contributed by atoms with Crippen molar-refractivity contribution in [1.29, 1.82) is 0 Å². The van der Waals surface area contributed by atoms with Gasteiger partial charge in [0.15, 0.2) is 0 Å². The number of anilines is 1. The van der Waals surface area contributed by atoms with Crippen LogP contribution < -0.4 is 5.32 Å². The third-order valence-electron chi connectivity index (χ3n) is 5.10. The second kappa shape index (κ2) is 7.41. The van der Waals surface area contributed by atoms with Crippen LogP contribution in [0.1, 0.15) is 26.3 Å². The van der Waals surface area contributed by atoms with Crippen LogP contribution >= 0.6 is 11.3 Å². The molecule has 0 spiro atoms. The molecule has 3 heterocycles. The summed E-state index contributed by atoms with van der Waals surface area (Å²) in [7, 11) is 0. The average Bonchev–Trinajstić information content (AvgIpc) is 3.31. The van der Waals surface area contributed by atoms with E-state index < -0.39 is 17.7 Å². The molecule has 0 fully saturated rings. The molecular formula is C23H16N4O3S. The highest BCUT2D eigenvalue weighted by Gasteiger charge is 2.36. The molecule has 31 heavy (non-hydrogen) atoms. The molecule has 0 saturated heterocycles. The summed E-state index contributed by atoms with van der Waals surface area (Å²) in [5.41, 5.74) is 3.78. The normalized spacial score (nSPS) is 13.0. The minimum absolute atomic E-state index is 0.322. The van der Waals surface area contributed by atoms with Gasteiger partial charge in [0.25, 0.3) is 11.8 Å². The van der Waals surface area contributed by atoms with Crippen LogP contribution in [0.2, 0.25) is 0 Å². The number of fused-ring (bicyclic) bond motifs is 2. The largest absolute Gasteiger partial charge is 0.324 e. The molecule has 152 valence electrons. The molecule has 3 amide bonds. The number of rotatable bonds is 4. The fourth-order valence-corrected chi connectivity index (χ4v) is 4.40. The Labute approximate surface area is 181 Å². The molecule has 1 N–H and O–H groups in total. The van der Waals surface area contributed by atoms with E-state index in [4.69, 9.17) is 0 Å². The number of thiazole rings is 1. The van der Waals surface area contributed by atoms with Gasteiger partial charge in [-0.1, -0.05) is 35.6 Å². The van der Waals surface area contributed by atoms with Crippen LogP contribution in [-0.2, 0) is 4.79 Å². The van der Waals surface area contributed by atoms with Crippen molar-refractivity contribution in [3.63, 3.8) is 0 Å². The number of hydrogen-bond acceptors (Lipinski definition) is 6. The van der Waals surface area contributed by atoms with Gasteiger partial charge in [-0.15, -0.1) is 0 Å². The van der Waals surface area contributed by atoms with E-state index in [0.29, 0.717) is 16.8 Å². The van der Waals surface area contributed by atoms with Crippen LogP contribution in [0.3, 0.4) is 0 Å². The molecule has 0 saturated carbocycles. The van der Waals surface area contributed by atoms with Crippen molar-refractivity contribution >= 4 is 45.1 Å². The van der Waals surface area contributed by atoms with Crippen molar-refractivity contribution in [2.45, 2.75) is 6.92 Å². The van der Waals surface area contributed by atoms with Gasteiger partial charge in [0.1, 0.15) is 21.9 Å². The molecule has 1 aliphatic rings. The quantitative estimate of drug-likeness (QED) is 0.498. The van der Waals surface area contributed by atoms with Crippen LogP contribution in [0.25, 0.3) is 20.9 Å². The van der Waals surface area contributed by atoms with Gasteiger partial charge in [-0.25, -0.2) is 9.97 Å². The minimum atomic E-state index is -0.455. The fourth-order valence-electron chi connectivity index (χ4n) is 3.50. The average molecular weight is 428 g/mol. The van der Waals surface area contributed by atoms with E-state index in [2.05, 4.69) is 15.3 Å². The SMILES string of the molecule is Cc1ccc(-c2nc3cccnc3s2)cc1NC(=O)CN1C(=O)c2ccccc2C1=O. The molecule has 4 aromatic rings. The number of hydrogen-bond donors (Lipinski definition) is 1. The zero-order valence-electron chi connectivity index (χ0n) is 16.5. The Morgan fingerprint density at radius 3 is 2.48 bits per heavy atom. The minimum Gasteiger partial charge on any atom is -0.324 e. The van der Waals surface area contributed by atoms with E-state index >= 15 is 0 Å². The van der Waals surface area contributed by atoms with Crippen LogP contribution in [0.15, 0.2) is 60.8 Å². The lowest BCUT2D eigenvalue weighted by atomic mass is 10.1. The van der Waals surface area contributed by atoms with E-state index in [9.17, 15) is 14.4 Å². The number of carbonyl (C=O) groups excluding carboxylic acids is 3. The lowest BCUT2D eigenvalue weighted by Gasteiger charge is -2.15. The molecule has 7 nitrogen and oxygen atoms in total. The third-order valence-corrected chi connectivity index (χ3v) is 6.13.